The van der Waals surface area contributed by atoms with E-state index in [9.17, 15) is 18.8 Å². The van der Waals surface area contributed by atoms with E-state index >= 15 is 0 Å². The molecule has 1 aromatic heterocycles. The van der Waals surface area contributed by atoms with Crippen molar-refractivity contribution in [1.82, 2.24) is 4.98 Å². The van der Waals surface area contributed by atoms with Crippen LogP contribution >= 0.6 is 11.3 Å². The van der Waals surface area contributed by atoms with Crippen LogP contribution in [0.3, 0.4) is 0 Å². The lowest BCUT2D eigenvalue weighted by Crippen LogP contribution is -2.29. The molecule has 12 heteroatoms. The average molecular weight is 563 g/mol. The van der Waals surface area contributed by atoms with Crippen molar-refractivity contribution in [2.24, 2.45) is 5.10 Å². The summed E-state index contributed by atoms with van der Waals surface area (Å²) in [5.41, 5.74) is 1.47. The first kappa shape index (κ1) is 26.8. The summed E-state index contributed by atoms with van der Waals surface area (Å²) >= 11 is 1.08. The highest BCUT2D eigenvalue weighted by molar-refractivity contribution is 7.22. The summed E-state index contributed by atoms with van der Waals surface area (Å²) in [5.74, 6) is -0.502. The fourth-order valence-corrected chi connectivity index (χ4v) is 5.18. The lowest BCUT2D eigenvalue weighted by Gasteiger charge is -2.17. The summed E-state index contributed by atoms with van der Waals surface area (Å²) in [7, 11) is 4.45. The Morgan fingerprint density at radius 3 is 2.35 bits per heavy atom. The van der Waals surface area contributed by atoms with E-state index in [1.54, 1.807) is 30.3 Å². The van der Waals surface area contributed by atoms with Gasteiger partial charge in [0.2, 0.25) is 22.7 Å². The molecule has 3 aromatic carbocycles. The fourth-order valence-electron chi connectivity index (χ4n) is 4.23. The van der Waals surface area contributed by atoms with Gasteiger partial charge in [-0.25, -0.2) is 9.37 Å². The first-order valence-corrected chi connectivity index (χ1v) is 12.8. The molecule has 5 rings (SSSR count). The Morgan fingerprint density at radius 1 is 1.00 bits per heavy atom. The van der Waals surface area contributed by atoms with Crippen LogP contribution in [0.4, 0.5) is 15.2 Å². The third kappa shape index (κ3) is 5.08. The number of methoxy groups -OCH3 is 3. The molecule has 4 aromatic rings. The lowest BCUT2D eigenvalue weighted by molar-refractivity contribution is -0.121. The molecule has 1 saturated heterocycles. The summed E-state index contributed by atoms with van der Waals surface area (Å²) in [6, 6.07) is 13.6. The Balaban J connectivity index is 1.57. The molecule has 0 N–H and O–H groups in total. The first-order chi connectivity index (χ1) is 19.3. The van der Waals surface area contributed by atoms with Gasteiger partial charge in [0.25, 0.3) is 5.91 Å². The second kappa shape index (κ2) is 11.1. The molecule has 2 heterocycles. The molecular formula is C28H23FN4O6S. The Hall–Kier alpha value is -4.84. The number of ether oxygens (including phenoxy) is 3. The minimum Gasteiger partial charge on any atom is -0.493 e. The number of rotatable bonds is 8. The van der Waals surface area contributed by atoms with E-state index in [0.29, 0.717) is 38.7 Å². The van der Waals surface area contributed by atoms with Gasteiger partial charge in [0.15, 0.2) is 11.5 Å². The van der Waals surface area contributed by atoms with Crippen molar-refractivity contribution in [1.29, 1.82) is 0 Å². The van der Waals surface area contributed by atoms with Crippen LogP contribution < -0.4 is 24.1 Å². The van der Waals surface area contributed by atoms with Gasteiger partial charge in [-0.3, -0.25) is 19.3 Å². The van der Waals surface area contributed by atoms with Crippen LogP contribution in [0.25, 0.3) is 10.2 Å². The number of hydrazone groups is 1. The normalized spacial score (nSPS) is 13.3. The number of anilines is 2. The van der Waals surface area contributed by atoms with Gasteiger partial charge in [-0.1, -0.05) is 17.4 Å². The Labute approximate surface area is 232 Å². The van der Waals surface area contributed by atoms with Crippen LogP contribution in [0.5, 0.6) is 17.2 Å². The third-order valence-electron chi connectivity index (χ3n) is 6.12. The Kier molecular flexibility index (Phi) is 7.43. The van der Waals surface area contributed by atoms with E-state index in [1.807, 2.05) is 0 Å². The first-order valence-electron chi connectivity index (χ1n) is 12.0. The monoisotopic (exact) mass is 562 g/mol. The summed E-state index contributed by atoms with van der Waals surface area (Å²) in [4.78, 5) is 43.9. The third-order valence-corrected chi connectivity index (χ3v) is 7.12. The predicted octanol–water partition coefficient (Wildman–Crippen LogP) is 4.80. The maximum absolute atomic E-state index is 13.9. The van der Waals surface area contributed by atoms with E-state index in [2.05, 4.69) is 10.1 Å². The summed E-state index contributed by atoms with van der Waals surface area (Å²) < 4.78 is 30.6. The maximum atomic E-state index is 13.9. The highest BCUT2D eigenvalue weighted by Crippen LogP contribution is 2.38. The molecule has 1 fully saturated rings. The topological polar surface area (TPSA) is 111 Å². The molecule has 0 radical (unpaired) electrons. The maximum Gasteiger partial charge on any atom is 0.280 e. The second-order valence-corrected chi connectivity index (χ2v) is 9.61. The van der Waals surface area contributed by atoms with Crippen molar-refractivity contribution in [3.05, 3.63) is 71.5 Å². The molecule has 0 atom stereocenters. The number of amides is 3. The van der Waals surface area contributed by atoms with Crippen LogP contribution in [0.2, 0.25) is 0 Å². The minimum atomic E-state index is -0.579. The van der Waals surface area contributed by atoms with Crippen molar-refractivity contribution < 1.29 is 33.0 Å². The molecular weight excluding hydrogens is 539 g/mol. The summed E-state index contributed by atoms with van der Waals surface area (Å²) in [5, 5.41) is 5.70. The molecule has 3 amide bonds. The van der Waals surface area contributed by atoms with E-state index in [1.165, 1.54) is 51.8 Å². The van der Waals surface area contributed by atoms with Crippen molar-refractivity contribution in [3.8, 4) is 17.2 Å². The van der Waals surface area contributed by atoms with E-state index in [4.69, 9.17) is 14.2 Å². The van der Waals surface area contributed by atoms with E-state index in [-0.39, 0.29) is 35.4 Å². The van der Waals surface area contributed by atoms with Crippen molar-refractivity contribution in [3.63, 3.8) is 0 Å². The molecule has 0 bridgehead atoms. The number of benzene rings is 3. The van der Waals surface area contributed by atoms with Crippen molar-refractivity contribution >= 4 is 56.3 Å². The van der Waals surface area contributed by atoms with Crippen molar-refractivity contribution in [2.45, 2.75) is 12.8 Å². The van der Waals surface area contributed by atoms with Crippen LogP contribution in [-0.2, 0) is 9.59 Å². The zero-order valence-electron chi connectivity index (χ0n) is 21.7. The van der Waals surface area contributed by atoms with Gasteiger partial charge in [-0.05, 0) is 48.5 Å². The van der Waals surface area contributed by atoms with Gasteiger partial charge < -0.3 is 14.2 Å². The Morgan fingerprint density at radius 2 is 1.70 bits per heavy atom. The van der Waals surface area contributed by atoms with E-state index in [0.717, 1.165) is 21.2 Å². The zero-order chi connectivity index (χ0) is 28.4. The molecule has 1 aliphatic heterocycles. The number of imide groups is 1. The molecule has 0 unspecified atom stereocenters. The second-order valence-electron chi connectivity index (χ2n) is 8.60. The van der Waals surface area contributed by atoms with Gasteiger partial charge in [0.1, 0.15) is 5.82 Å². The number of nitrogens with zero attached hydrogens (tertiary/aromatic N) is 4. The number of fused-ring (bicyclic) bond motifs is 1. The van der Waals surface area contributed by atoms with Crippen molar-refractivity contribution in [2.75, 3.05) is 31.2 Å². The SMILES string of the molecule is COc1cc(/C=N/N(C(=O)c2cccc(N3C(=O)CCC3=O)c2)c2nc3ccc(F)cc3s2)cc(OC)c1OC. The number of hydrogen-bond acceptors (Lipinski definition) is 9. The molecule has 0 spiro atoms. The summed E-state index contributed by atoms with van der Waals surface area (Å²) in [6.45, 7) is 0. The molecule has 0 saturated carbocycles. The number of carbonyl (C=O) groups is 3. The van der Waals surface area contributed by atoms with Gasteiger partial charge in [0, 0.05) is 24.0 Å². The molecule has 1 aliphatic rings. The highest BCUT2D eigenvalue weighted by Gasteiger charge is 2.31. The molecule has 40 heavy (non-hydrogen) atoms. The van der Waals surface area contributed by atoms with Gasteiger partial charge in [-0.2, -0.15) is 10.1 Å². The number of hydrogen-bond donors (Lipinski definition) is 0. The number of aromatic nitrogens is 1. The number of carbonyl (C=O) groups excluding carboxylic acids is 3. The van der Waals surface area contributed by atoms with Crippen LogP contribution in [-0.4, -0.2) is 50.2 Å². The van der Waals surface area contributed by atoms with Crippen LogP contribution in [0, 0.1) is 5.82 Å². The summed E-state index contributed by atoms with van der Waals surface area (Å²) in [6.07, 6.45) is 1.65. The molecule has 204 valence electrons. The van der Waals surface area contributed by atoms with Crippen LogP contribution in [0.1, 0.15) is 28.8 Å². The zero-order valence-corrected chi connectivity index (χ0v) is 22.5. The van der Waals surface area contributed by atoms with Gasteiger partial charge in [0.05, 0.1) is 43.4 Å². The standard InChI is InChI=1S/C28H23FN4O6S/c1-37-21-11-16(12-22(38-2)26(21)39-3)15-30-33(28-31-20-8-7-18(29)14-23(20)40-28)27(36)17-5-4-6-19(13-17)32-24(34)9-10-25(32)35/h4-8,11-15H,9-10H2,1-3H3/b30-15+. The highest BCUT2D eigenvalue weighted by atomic mass is 32.1. The van der Waals surface area contributed by atoms with Crippen LogP contribution in [0.15, 0.2) is 59.7 Å². The van der Waals surface area contributed by atoms with Gasteiger partial charge in [-0.15, -0.1) is 0 Å². The smallest absolute Gasteiger partial charge is 0.280 e. The number of halogens is 1. The molecule has 10 nitrogen and oxygen atoms in total. The lowest BCUT2D eigenvalue weighted by atomic mass is 10.1. The largest absolute Gasteiger partial charge is 0.493 e. The quantitative estimate of drug-likeness (QED) is 0.172. The number of thiazole rings is 1. The van der Waals surface area contributed by atoms with E-state index < -0.39 is 11.7 Å². The average Bonchev–Trinajstić information content (AvgIpc) is 3.53. The molecule has 0 aliphatic carbocycles. The minimum absolute atomic E-state index is 0.116. The van der Waals surface area contributed by atoms with Gasteiger partial charge >= 0.3 is 0 Å². The fraction of sp³-hybridized carbons (Fsp3) is 0.179. The predicted molar refractivity (Wildman–Crippen MR) is 148 cm³/mol. The Bertz CT molecular complexity index is 1630.